The Morgan fingerprint density at radius 1 is 1.13 bits per heavy atom. The number of nitrogens with zero attached hydrogens (tertiary/aromatic N) is 2. The van der Waals surface area contributed by atoms with E-state index in [1.54, 1.807) is 13.9 Å². The lowest BCUT2D eigenvalue weighted by Gasteiger charge is -2.20. The van der Waals surface area contributed by atoms with Gasteiger partial charge in [0.25, 0.3) is 5.97 Å². The summed E-state index contributed by atoms with van der Waals surface area (Å²) in [4.78, 5) is 25.8. The van der Waals surface area contributed by atoms with Crippen LogP contribution in [-0.4, -0.2) is 33.5 Å². The highest BCUT2D eigenvalue weighted by molar-refractivity contribution is 6.18. The molecule has 2 heterocycles. The molecule has 0 aliphatic rings. The van der Waals surface area contributed by atoms with Crippen molar-refractivity contribution in [3.8, 4) is 0 Å². The molecule has 7 heteroatoms. The Kier molecular flexibility index (Phi) is 7.65. The third-order valence-corrected chi connectivity index (χ3v) is 5.15. The van der Waals surface area contributed by atoms with Gasteiger partial charge in [-0.1, -0.05) is 6.08 Å². The van der Waals surface area contributed by atoms with Gasteiger partial charge in [0.15, 0.2) is 25.5 Å². The molecule has 3 rings (SSSR count). The molecule has 0 atom stereocenters. The van der Waals surface area contributed by atoms with Crippen molar-refractivity contribution in [2.24, 2.45) is 0 Å². The predicted molar refractivity (Wildman–Crippen MR) is 126 cm³/mol. The van der Waals surface area contributed by atoms with Gasteiger partial charge in [-0.15, -0.1) is 0 Å². The lowest BCUT2D eigenvalue weighted by Crippen LogP contribution is -2.35. The Morgan fingerprint density at radius 2 is 1.87 bits per heavy atom. The SMILES string of the molecule is BCC(=O)OCC[n+]1ccc(/C=C/c2cc3ccc(N(CC)CC)cc3oc2=O)cc1. The van der Waals surface area contributed by atoms with E-state index in [-0.39, 0.29) is 11.6 Å². The van der Waals surface area contributed by atoms with Gasteiger partial charge in [0.05, 0.1) is 5.56 Å². The third-order valence-electron chi connectivity index (χ3n) is 5.15. The van der Waals surface area contributed by atoms with Gasteiger partial charge in [-0.05, 0) is 43.7 Å². The lowest BCUT2D eigenvalue weighted by molar-refractivity contribution is -0.697. The molecule has 0 saturated heterocycles. The molecule has 3 aromatic rings. The molecule has 0 N–H and O–H groups in total. The first-order valence-corrected chi connectivity index (χ1v) is 10.7. The van der Waals surface area contributed by atoms with Crippen LogP contribution in [0.3, 0.4) is 0 Å². The number of hydrogen-bond donors (Lipinski definition) is 0. The standard InChI is InChI=1S/C24H28BN2O4/c1-3-27(4-2)21-8-7-19-15-20(24(29)31-22(19)16-21)6-5-18-9-11-26(12-10-18)13-14-30-23(28)17-25/h5-12,15-16H,3-4,13-14,17,25H2,1-2H3/q+1. The van der Waals surface area contributed by atoms with Crippen molar-refractivity contribution in [3.05, 3.63) is 70.3 Å². The Balaban J connectivity index is 1.72. The molecule has 0 unspecified atom stereocenters. The minimum absolute atomic E-state index is 0.196. The normalized spacial score (nSPS) is 11.2. The maximum absolute atomic E-state index is 12.4. The fourth-order valence-electron chi connectivity index (χ4n) is 3.30. The second kappa shape index (κ2) is 10.6. The summed E-state index contributed by atoms with van der Waals surface area (Å²) in [6.45, 7) is 6.94. The molecule has 0 fully saturated rings. The number of esters is 1. The molecule has 0 aliphatic heterocycles. The molecular formula is C24H28BN2O4+. The molecule has 6 nitrogen and oxygen atoms in total. The maximum atomic E-state index is 12.4. The van der Waals surface area contributed by atoms with Crippen molar-refractivity contribution < 1.29 is 18.5 Å². The summed E-state index contributed by atoms with van der Waals surface area (Å²) in [7, 11) is 1.77. The van der Waals surface area contributed by atoms with E-state index >= 15 is 0 Å². The average molecular weight is 419 g/mol. The maximum Gasteiger partial charge on any atom is 0.343 e. The first-order chi connectivity index (χ1) is 15.0. The molecule has 0 amide bonds. The second-order valence-electron chi connectivity index (χ2n) is 7.16. The molecule has 0 radical (unpaired) electrons. The summed E-state index contributed by atoms with van der Waals surface area (Å²) in [6, 6.07) is 11.7. The van der Waals surface area contributed by atoms with Gasteiger partial charge in [-0.2, -0.15) is 0 Å². The van der Waals surface area contributed by atoms with Crippen LogP contribution in [0.1, 0.15) is 25.0 Å². The van der Waals surface area contributed by atoms with Crippen molar-refractivity contribution in [2.75, 3.05) is 24.6 Å². The minimum Gasteiger partial charge on any atom is -0.459 e. The first-order valence-electron chi connectivity index (χ1n) is 10.7. The van der Waals surface area contributed by atoms with Crippen molar-refractivity contribution >= 4 is 42.6 Å². The zero-order valence-electron chi connectivity index (χ0n) is 18.3. The number of carbonyl (C=O) groups is 1. The van der Waals surface area contributed by atoms with Crippen molar-refractivity contribution in [1.29, 1.82) is 0 Å². The zero-order chi connectivity index (χ0) is 22.2. The monoisotopic (exact) mass is 419 g/mol. The van der Waals surface area contributed by atoms with E-state index in [2.05, 4.69) is 24.8 Å². The van der Waals surface area contributed by atoms with Crippen molar-refractivity contribution in [1.82, 2.24) is 0 Å². The summed E-state index contributed by atoms with van der Waals surface area (Å²) >= 11 is 0. The summed E-state index contributed by atoms with van der Waals surface area (Å²) in [5.74, 6) is -0.196. The number of rotatable bonds is 9. The van der Waals surface area contributed by atoms with Crippen LogP contribution in [0.25, 0.3) is 23.1 Å². The van der Waals surface area contributed by atoms with Crippen molar-refractivity contribution in [3.63, 3.8) is 0 Å². The van der Waals surface area contributed by atoms with E-state index < -0.39 is 0 Å². The number of anilines is 1. The molecule has 31 heavy (non-hydrogen) atoms. The van der Waals surface area contributed by atoms with E-state index in [1.165, 1.54) is 0 Å². The van der Waals surface area contributed by atoms with E-state index in [0.29, 0.717) is 30.6 Å². The van der Waals surface area contributed by atoms with E-state index in [4.69, 9.17) is 9.15 Å². The highest BCUT2D eigenvalue weighted by Crippen LogP contribution is 2.22. The Labute approximate surface area is 183 Å². The predicted octanol–water partition coefficient (Wildman–Crippen LogP) is 2.69. The minimum atomic E-state index is -0.357. The first kappa shape index (κ1) is 22.3. The largest absolute Gasteiger partial charge is 0.459 e. The Morgan fingerprint density at radius 3 is 2.55 bits per heavy atom. The second-order valence-corrected chi connectivity index (χ2v) is 7.16. The number of ether oxygens (including phenoxy) is 1. The lowest BCUT2D eigenvalue weighted by atomic mass is 10.1. The Bertz CT molecular complexity index is 1120. The van der Waals surface area contributed by atoms with Crippen LogP contribution in [-0.2, 0) is 16.1 Å². The summed E-state index contributed by atoms with van der Waals surface area (Å²) in [5, 5.41) is 0.891. The number of carbonyl (C=O) groups excluding carboxylic acids is 1. The quantitative estimate of drug-likeness (QED) is 0.231. The van der Waals surface area contributed by atoms with Gasteiger partial charge in [0.2, 0.25) is 0 Å². The van der Waals surface area contributed by atoms with E-state index in [9.17, 15) is 9.59 Å². The van der Waals surface area contributed by atoms with Crippen molar-refractivity contribution in [2.45, 2.75) is 26.7 Å². The van der Waals surface area contributed by atoms with Crippen LogP contribution >= 0.6 is 0 Å². The number of pyridine rings is 1. The average Bonchev–Trinajstić information content (AvgIpc) is 2.79. The number of fused-ring (bicyclic) bond motifs is 1. The van der Waals surface area contributed by atoms with Crippen LogP contribution in [0.5, 0.6) is 0 Å². The Hall–Kier alpha value is -3.35. The van der Waals surface area contributed by atoms with Crippen LogP contribution in [0.2, 0.25) is 6.32 Å². The molecule has 0 spiro atoms. The van der Waals surface area contributed by atoms with Gasteiger partial charge >= 0.3 is 5.63 Å². The fraction of sp³-hybridized carbons (Fsp3) is 0.292. The summed E-state index contributed by atoms with van der Waals surface area (Å²) in [5.41, 5.74) is 2.75. The zero-order valence-corrected chi connectivity index (χ0v) is 18.3. The summed E-state index contributed by atoms with van der Waals surface area (Å²) < 4.78 is 12.6. The van der Waals surface area contributed by atoms with Gasteiger partial charge in [-0.25, -0.2) is 9.36 Å². The molecular weight excluding hydrogens is 391 g/mol. The summed E-state index contributed by atoms with van der Waals surface area (Å²) in [6.07, 6.45) is 7.86. The molecule has 0 aliphatic carbocycles. The molecule has 0 saturated carbocycles. The van der Waals surface area contributed by atoms with E-state index in [1.807, 2.05) is 53.4 Å². The third kappa shape index (κ3) is 5.84. The fourth-order valence-corrected chi connectivity index (χ4v) is 3.30. The highest BCUT2D eigenvalue weighted by atomic mass is 16.5. The topological polar surface area (TPSA) is 63.6 Å². The van der Waals surface area contributed by atoms with Crippen LogP contribution in [0.4, 0.5) is 5.69 Å². The smallest absolute Gasteiger partial charge is 0.343 e. The van der Waals surface area contributed by atoms with Crippen LogP contribution in [0, 0.1) is 0 Å². The molecule has 1 aromatic carbocycles. The van der Waals surface area contributed by atoms with E-state index in [0.717, 1.165) is 29.7 Å². The molecule has 2 aromatic heterocycles. The van der Waals surface area contributed by atoms with Gasteiger partial charge < -0.3 is 14.1 Å². The number of aromatic nitrogens is 1. The molecule has 0 bridgehead atoms. The van der Waals surface area contributed by atoms with Gasteiger partial charge in [0.1, 0.15) is 13.4 Å². The number of benzene rings is 1. The van der Waals surface area contributed by atoms with Gasteiger partial charge in [-0.3, -0.25) is 4.79 Å². The van der Waals surface area contributed by atoms with Crippen LogP contribution in [0.15, 0.2) is 58.0 Å². The molecule has 160 valence electrons. The van der Waals surface area contributed by atoms with Crippen LogP contribution < -0.4 is 15.1 Å². The number of hydrogen-bond acceptors (Lipinski definition) is 5. The van der Waals surface area contributed by atoms with Gasteiger partial charge in [0, 0.05) is 48.7 Å². The highest BCUT2D eigenvalue weighted by Gasteiger charge is 2.08.